The van der Waals surface area contributed by atoms with Crippen molar-refractivity contribution in [2.45, 2.75) is 19.9 Å². The maximum atomic E-state index is 14.2. The van der Waals surface area contributed by atoms with E-state index in [2.05, 4.69) is 10.3 Å². The Balaban J connectivity index is 1.84. The summed E-state index contributed by atoms with van der Waals surface area (Å²) >= 11 is 5.88. The molecule has 138 valence electrons. The first kappa shape index (κ1) is 18.8. The zero-order valence-corrected chi connectivity index (χ0v) is 15.4. The van der Waals surface area contributed by atoms with Crippen molar-refractivity contribution in [3.63, 3.8) is 0 Å². The number of nitrogens with zero attached hydrogens (tertiary/aromatic N) is 3. The van der Waals surface area contributed by atoms with E-state index in [1.54, 1.807) is 30.3 Å². The predicted molar refractivity (Wildman–Crippen MR) is 98.0 cm³/mol. The van der Waals surface area contributed by atoms with Crippen molar-refractivity contribution in [3.8, 4) is 6.07 Å². The van der Waals surface area contributed by atoms with E-state index in [-0.39, 0.29) is 40.8 Å². The van der Waals surface area contributed by atoms with E-state index in [1.807, 2.05) is 13.8 Å². The van der Waals surface area contributed by atoms with Crippen molar-refractivity contribution in [1.82, 2.24) is 9.88 Å². The van der Waals surface area contributed by atoms with Crippen molar-refractivity contribution < 1.29 is 14.0 Å². The first-order valence-corrected chi connectivity index (χ1v) is 8.69. The molecule has 1 N–H and O–H groups in total. The number of hydrogen-bond donors (Lipinski definition) is 1. The van der Waals surface area contributed by atoms with Gasteiger partial charge in [0.2, 0.25) is 0 Å². The molecular formula is C19H16ClFN4O2. The molecule has 1 atom stereocenters. The largest absolute Gasteiger partial charge is 0.363 e. The molecule has 1 aliphatic heterocycles. The molecule has 2 heterocycles. The van der Waals surface area contributed by atoms with Crippen LogP contribution in [0.4, 0.5) is 10.2 Å². The van der Waals surface area contributed by atoms with Gasteiger partial charge in [-0.05, 0) is 24.1 Å². The minimum absolute atomic E-state index is 0.0444. The number of benzene rings is 1. The molecule has 8 heteroatoms. The number of nitrogens with one attached hydrogen (secondary N) is 1. The van der Waals surface area contributed by atoms with Crippen LogP contribution >= 0.6 is 11.6 Å². The van der Waals surface area contributed by atoms with Gasteiger partial charge < -0.3 is 5.32 Å². The predicted octanol–water partition coefficient (Wildman–Crippen LogP) is 3.48. The highest BCUT2D eigenvalue weighted by atomic mass is 35.5. The Kier molecular flexibility index (Phi) is 5.10. The monoisotopic (exact) mass is 386 g/mol. The third-order valence-electron chi connectivity index (χ3n) is 4.43. The van der Waals surface area contributed by atoms with Crippen LogP contribution in [0.1, 0.15) is 40.1 Å². The number of carbonyl (C=O) groups excluding carboxylic acids is 2. The number of amides is 2. The smallest absolute Gasteiger partial charge is 0.261 e. The first-order chi connectivity index (χ1) is 12.8. The Hall–Kier alpha value is -2.98. The van der Waals surface area contributed by atoms with E-state index >= 15 is 0 Å². The number of carbonyl (C=O) groups is 2. The molecule has 0 bridgehead atoms. The van der Waals surface area contributed by atoms with E-state index in [4.69, 9.17) is 16.9 Å². The van der Waals surface area contributed by atoms with Gasteiger partial charge in [-0.25, -0.2) is 9.37 Å². The van der Waals surface area contributed by atoms with Gasteiger partial charge in [-0.1, -0.05) is 37.6 Å². The lowest BCUT2D eigenvalue weighted by molar-refractivity contribution is 0.0641. The summed E-state index contributed by atoms with van der Waals surface area (Å²) in [6.45, 7) is 3.79. The van der Waals surface area contributed by atoms with Gasteiger partial charge >= 0.3 is 0 Å². The number of rotatable bonds is 5. The summed E-state index contributed by atoms with van der Waals surface area (Å²) in [5.74, 6) is -1.67. The first-order valence-electron chi connectivity index (χ1n) is 8.31. The number of imide groups is 1. The van der Waals surface area contributed by atoms with E-state index in [0.29, 0.717) is 11.1 Å². The molecule has 0 aliphatic carbocycles. The summed E-state index contributed by atoms with van der Waals surface area (Å²) in [4.78, 5) is 30.1. The fraction of sp³-hybridized carbons (Fsp3) is 0.263. The number of anilines is 1. The van der Waals surface area contributed by atoms with Crippen LogP contribution in [0.25, 0.3) is 0 Å². The summed E-state index contributed by atoms with van der Waals surface area (Å²) in [6.07, 6.45) is 0. The minimum atomic E-state index is -0.732. The van der Waals surface area contributed by atoms with Crippen LogP contribution < -0.4 is 5.32 Å². The fourth-order valence-electron chi connectivity index (χ4n) is 2.85. The van der Waals surface area contributed by atoms with Crippen LogP contribution in [0.2, 0.25) is 5.15 Å². The van der Waals surface area contributed by atoms with E-state index in [0.717, 1.165) is 11.0 Å². The van der Waals surface area contributed by atoms with Crippen LogP contribution in [0.5, 0.6) is 0 Å². The maximum Gasteiger partial charge on any atom is 0.261 e. The Morgan fingerprint density at radius 3 is 2.37 bits per heavy atom. The average Bonchev–Trinajstić information content (AvgIpc) is 2.88. The molecule has 0 spiro atoms. The summed E-state index contributed by atoms with van der Waals surface area (Å²) in [5.41, 5.74) is 0.646. The van der Waals surface area contributed by atoms with Gasteiger partial charge in [-0.15, -0.1) is 0 Å². The molecule has 1 aromatic carbocycles. The Bertz CT molecular complexity index is 936. The molecule has 2 amide bonds. The second-order valence-corrected chi connectivity index (χ2v) is 6.89. The zero-order chi connectivity index (χ0) is 19.7. The second kappa shape index (κ2) is 7.33. The maximum absolute atomic E-state index is 14.2. The molecule has 0 fully saturated rings. The third-order valence-corrected chi connectivity index (χ3v) is 4.72. The van der Waals surface area contributed by atoms with Crippen molar-refractivity contribution in [3.05, 3.63) is 58.0 Å². The summed E-state index contributed by atoms with van der Waals surface area (Å²) in [7, 11) is 0. The Morgan fingerprint density at radius 1 is 1.26 bits per heavy atom. The topological polar surface area (TPSA) is 86.1 Å². The molecule has 2 aromatic rings. The highest BCUT2D eigenvalue weighted by Crippen LogP contribution is 2.25. The molecule has 0 radical (unpaired) electrons. The fourth-order valence-corrected chi connectivity index (χ4v) is 3.03. The van der Waals surface area contributed by atoms with E-state index < -0.39 is 11.9 Å². The highest BCUT2D eigenvalue weighted by Gasteiger charge is 2.37. The van der Waals surface area contributed by atoms with Gasteiger partial charge in [0.15, 0.2) is 11.6 Å². The molecule has 27 heavy (non-hydrogen) atoms. The van der Waals surface area contributed by atoms with Gasteiger partial charge in [-0.3, -0.25) is 14.5 Å². The average molecular weight is 387 g/mol. The summed E-state index contributed by atoms with van der Waals surface area (Å²) < 4.78 is 14.2. The highest BCUT2D eigenvalue weighted by molar-refractivity contribution is 6.30. The lowest BCUT2D eigenvalue weighted by atomic mass is 10.0. The molecule has 0 saturated carbocycles. The van der Waals surface area contributed by atoms with Gasteiger partial charge in [0.25, 0.3) is 11.8 Å². The molecule has 3 rings (SSSR count). The Morgan fingerprint density at radius 2 is 1.85 bits per heavy atom. The summed E-state index contributed by atoms with van der Waals surface area (Å²) in [6, 6.07) is 8.91. The van der Waals surface area contributed by atoms with Gasteiger partial charge in [-0.2, -0.15) is 5.26 Å². The van der Waals surface area contributed by atoms with Crippen LogP contribution in [0.3, 0.4) is 0 Å². The number of pyridine rings is 1. The zero-order valence-electron chi connectivity index (χ0n) is 14.7. The van der Waals surface area contributed by atoms with Crippen molar-refractivity contribution >= 4 is 29.2 Å². The number of nitriles is 1. The number of hydrogen-bond acceptors (Lipinski definition) is 5. The van der Waals surface area contributed by atoms with Gasteiger partial charge in [0.05, 0.1) is 16.7 Å². The van der Waals surface area contributed by atoms with Crippen molar-refractivity contribution in [2.24, 2.45) is 5.92 Å². The molecule has 1 aliphatic rings. The molecule has 6 nitrogen and oxygen atoms in total. The van der Waals surface area contributed by atoms with Crippen LogP contribution in [0, 0.1) is 23.1 Å². The van der Waals surface area contributed by atoms with Crippen LogP contribution in [0.15, 0.2) is 30.3 Å². The van der Waals surface area contributed by atoms with Crippen LogP contribution in [-0.4, -0.2) is 34.3 Å². The van der Waals surface area contributed by atoms with Gasteiger partial charge in [0.1, 0.15) is 11.2 Å². The molecular weight excluding hydrogens is 371 g/mol. The van der Waals surface area contributed by atoms with Crippen molar-refractivity contribution in [1.29, 1.82) is 5.26 Å². The SMILES string of the molecule is CC(C)C(CN1C(=O)c2ccccc2C1=O)Nc1nc(Cl)c(C#N)cc1F. The van der Waals surface area contributed by atoms with E-state index in [9.17, 15) is 14.0 Å². The quantitative estimate of drug-likeness (QED) is 0.628. The normalized spacial score (nSPS) is 14.3. The standard InChI is InChI=1S/C19H16ClFN4O2/c1-10(2)15(23-17-14(21)7-11(8-22)16(20)24-17)9-25-18(26)12-5-3-4-6-13(12)19(25)27/h3-7,10,15H,9H2,1-2H3,(H,23,24). The summed E-state index contributed by atoms with van der Waals surface area (Å²) in [5, 5.41) is 11.7. The molecule has 1 unspecified atom stereocenters. The van der Waals surface area contributed by atoms with Gasteiger partial charge in [0, 0.05) is 12.6 Å². The molecule has 0 saturated heterocycles. The number of aromatic nitrogens is 1. The van der Waals surface area contributed by atoms with Crippen LogP contribution in [-0.2, 0) is 0 Å². The lowest BCUT2D eigenvalue weighted by Gasteiger charge is -2.27. The number of halogens is 2. The second-order valence-electron chi connectivity index (χ2n) is 6.53. The third kappa shape index (κ3) is 3.49. The molecule has 1 aromatic heterocycles. The lowest BCUT2D eigenvalue weighted by Crippen LogP contribution is -2.43. The van der Waals surface area contributed by atoms with E-state index in [1.165, 1.54) is 0 Å². The minimum Gasteiger partial charge on any atom is -0.363 e. The Labute approximate surface area is 160 Å². The number of fused-ring (bicyclic) bond motifs is 1. The van der Waals surface area contributed by atoms with Crippen molar-refractivity contribution in [2.75, 3.05) is 11.9 Å².